The smallest absolute Gasteiger partial charge is 0.133 e. The van der Waals surface area contributed by atoms with Crippen LogP contribution in [0.4, 0.5) is 15.9 Å². The van der Waals surface area contributed by atoms with Crippen LogP contribution >= 0.6 is 0 Å². The maximum absolute atomic E-state index is 12.9. The molecule has 18 heavy (non-hydrogen) atoms. The number of aliphatic hydroxyl groups is 1. The van der Waals surface area contributed by atoms with Crippen LogP contribution in [-0.2, 0) is 0 Å². The van der Waals surface area contributed by atoms with Crippen LogP contribution in [0.25, 0.3) is 0 Å². The number of hydrogen-bond acceptors (Lipinski definition) is 3. The number of nitrogens with zero attached hydrogens (tertiary/aromatic N) is 2. The van der Waals surface area contributed by atoms with Crippen molar-refractivity contribution in [3.8, 4) is 0 Å². The Hall–Kier alpha value is -1.94. The van der Waals surface area contributed by atoms with Crippen molar-refractivity contribution in [2.75, 3.05) is 11.9 Å². The lowest BCUT2D eigenvalue weighted by Crippen LogP contribution is -2.11. The van der Waals surface area contributed by atoms with Gasteiger partial charge in [0.15, 0.2) is 0 Å². The van der Waals surface area contributed by atoms with E-state index in [9.17, 15) is 9.50 Å². The van der Waals surface area contributed by atoms with Crippen molar-refractivity contribution in [2.45, 2.75) is 13.0 Å². The monoisotopic (exact) mass is 246 g/mol. The van der Waals surface area contributed by atoms with Crippen LogP contribution in [0.3, 0.4) is 0 Å². The van der Waals surface area contributed by atoms with E-state index in [0.717, 1.165) is 11.3 Å². The molecule has 0 saturated heterocycles. The number of halogens is 1. The second-order valence-electron chi connectivity index (χ2n) is 4.16. The molecule has 3 nitrogen and oxygen atoms in total. The molecular weight excluding hydrogens is 231 g/mol. The molecule has 1 heterocycles. The fourth-order valence-electron chi connectivity index (χ4n) is 1.67. The Morgan fingerprint density at radius 2 is 1.89 bits per heavy atom. The molecule has 1 N–H and O–H groups in total. The first-order valence-corrected chi connectivity index (χ1v) is 5.71. The molecule has 0 fully saturated rings. The first-order chi connectivity index (χ1) is 8.58. The minimum absolute atomic E-state index is 0.266. The van der Waals surface area contributed by atoms with Gasteiger partial charge in [0, 0.05) is 18.9 Å². The van der Waals surface area contributed by atoms with Gasteiger partial charge in [-0.3, -0.25) is 0 Å². The average Bonchev–Trinajstić information content (AvgIpc) is 2.39. The summed E-state index contributed by atoms with van der Waals surface area (Å²) in [5, 5.41) is 9.54. The van der Waals surface area contributed by atoms with Crippen LogP contribution < -0.4 is 4.90 Å². The second-order valence-corrected chi connectivity index (χ2v) is 4.16. The molecule has 0 aliphatic carbocycles. The molecule has 1 unspecified atom stereocenters. The summed E-state index contributed by atoms with van der Waals surface area (Å²) < 4.78 is 12.9. The lowest BCUT2D eigenvalue weighted by molar-refractivity contribution is 0.199. The van der Waals surface area contributed by atoms with Crippen molar-refractivity contribution in [1.29, 1.82) is 0 Å². The maximum atomic E-state index is 12.9. The Morgan fingerprint density at radius 3 is 2.50 bits per heavy atom. The molecule has 4 heteroatoms. The molecule has 94 valence electrons. The van der Waals surface area contributed by atoms with Crippen LogP contribution in [0.1, 0.15) is 18.6 Å². The zero-order valence-electron chi connectivity index (χ0n) is 10.3. The van der Waals surface area contributed by atoms with Gasteiger partial charge in [0.05, 0.1) is 6.10 Å². The van der Waals surface area contributed by atoms with Crippen molar-refractivity contribution in [2.24, 2.45) is 0 Å². The summed E-state index contributed by atoms with van der Waals surface area (Å²) in [6, 6.07) is 9.77. The van der Waals surface area contributed by atoms with Crippen LogP contribution in [0.2, 0.25) is 0 Å². The van der Waals surface area contributed by atoms with Crippen LogP contribution in [0.5, 0.6) is 0 Å². The summed E-state index contributed by atoms with van der Waals surface area (Å²) >= 11 is 0. The quantitative estimate of drug-likeness (QED) is 0.904. The van der Waals surface area contributed by atoms with E-state index in [4.69, 9.17) is 0 Å². The molecule has 0 spiro atoms. The number of anilines is 2. The summed E-state index contributed by atoms with van der Waals surface area (Å²) in [5.74, 6) is 0.442. The van der Waals surface area contributed by atoms with E-state index in [1.165, 1.54) is 12.1 Å². The van der Waals surface area contributed by atoms with Gasteiger partial charge in [0.1, 0.15) is 11.6 Å². The number of aliphatic hydroxyl groups excluding tert-OH is 1. The zero-order chi connectivity index (χ0) is 13.1. The summed E-state index contributed by atoms with van der Waals surface area (Å²) in [7, 11) is 1.85. The van der Waals surface area contributed by atoms with Gasteiger partial charge < -0.3 is 10.0 Å². The van der Waals surface area contributed by atoms with Gasteiger partial charge in [0.2, 0.25) is 0 Å². The Balaban J connectivity index is 2.30. The van der Waals surface area contributed by atoms with Crippen molar-refractivity contribution < 1.29 is 9.50 Å². The third-order valence-corrected chi connectivity index (χ3v) is 2.81. The van der Waals surface area contributed by atoms with Gasteiger partial charge in [-0.25, -0.2) is 9.37 Å². The Labute approximate surface area is 106 Å². The van der Waals surface area contributed by atoms with Gasteiger partial charge in [-0.2, -0.15) is 0 Å². The molecule has 1 aromatic heterocycles. The van der Waals surface area contributed by atoms with E-state index < -0.39 is 6.10 Å². The Kier molecular flexibility index (Phi) is 3.58. The highest BCUT2D eigenvalue weighted by Crippen LogP contribution is 2.24. The van der Waals surface area contributed by atoms with Crippen molar-refractivity contribution in [3.63, 3.8) is 0 Å². The SMILES string of the molecule is CC(O)c1ccnc(N(C)c2ccc(F)cc2)c1. The van der Waals surface area contributed by atoms with Gasteiger partial charge in [-0.15, -0.1) is 0 Å². The predicted molar refractivity (Wildman–Crippen MR) is 69.3 cm³/mol. The zero-order valence-corrected chi connectivity index (χ0v) is 10.3. The van der Waals surface area contributed by atoms with Gasteiger partial charge in [-0.1, -0.05) is 0 Å². The summed E-state index contributed by atoms with van der Waals surface area (Å²) in [6.07, 6.45) is 1.12. The van der Waals surface area contributed by atoms with Crippen molar-refractivity contribution in [3.05, 3.63) is 54.0 Å². The van der Waals surface area contributed by atoms with Crippen molar-refractivity contribution in [1.82, 2.24) is 4.98 Å². The largest absolute Gasteiger partial charge is 0.389 e. The highest BCUT2D eigenvalue weighted by molar-refractivity contribution is 5.59. The molecule has 0 radical (unpaired) electrons. The molecule has 0 saturated carbocycles. The van der Waals surface area contributed by atoms with Gasteiger partial charge in [0.25, 0.3) is 0 Å². The van der Waals surface area contributed by atoms with Crippen LogP contribution in [0, 0.1) is 5.82 Å². The predicted octanol–water partition coefficient (Wildman–Crippen LogP) is 3.04. The van der Waals surface area contributed by atoms with E-state index >= 15 is 0 Å². The summed E-state index contributed by atoms with van der Waals surface area (Å²) in [5.41, 5.74) is 1.64. The minimum atomic E-state index is -0.534. The second kappa shape index (κ2) is 5.14. The molecule has 1 atom stereocenters. The fraction of sp³-hybridized carbons (Fsp3) is 0.214. The molecule has 0 amide bonds. The molecule has 0 bridgehead atoms. The first-order valence-electron chi connectivity index (χ1n) is 5.71. The van der Waals surface area contributed by atoms with Gasteiger partial charge in [-0.05, 0) is 48.9 Å². The number of pyridine rings is 1. The standard InChI is InChI=1S/C14H15FN2O/c1-10(18)11-7-8-16-14(9-11)17(2)13-5-3-12(15)4-6-13/h3-10,18H,1-2H3. The number of aromatic nitrogens is 1. The van der Waals surface area contributed by atoms with E-state index in [1.54, 1.807) is 31.3 Å². The van der Waals surface area contributed by atoms with Crippen molar-refractivity contribution >= 4 is 11.5 Å². The number of benzene rings is 1. The third kappa shape index (κ3) is 2.65. The lowest BCUT2D eigenvalue weighted by atomic mass is 10.1. The highest BCUT2D eigenvalue weighted by Gasteiger charge is 2.08. The maximum Gasteiger partial charge on any atom is 0.133 e. The van der Waals surface area contributed by atoms with Gasteiger partial charge >= 0.3 is 0 Å². The molecule has 1 aromatic carbocycles. The molecule has 2 aromatic rings. The average molecular weight is 246 g/mol. The fourth-order valence-corrected chi connectivity index (χ4v) is 1.67. The normalized spacial score (nSPS) is 12.2. The first kappa shape index (κ1) is 12.5. The minimum Gasteiger partial charge on any atom is -0.389 e. The third-order valence-electron chi connectivity index (χ3n) is 2.81. The topological polar surface area (TPSA) is 36.4 Å². The highest BCUT2D eigenvalue weighted by atomic mass is 19.1. The van der Waals surface area contributed by atoms with E-state index in [1.807, 2.05) is 18.0 Å². The summed E-state index contributed by atoms with van der Waals surface area (Å²) in [4.78, 5) is 6.08. The van der Waals surface area contributed by atoms with E-state index in [2.05, 4.69) is 4.98 Å². The van der Waals surface area contributed by atoms with E-state index in [0.29, 0.717) is 5.82 Å². The molecule has 0 aliphatic rings. The van der Waals surface area contributed by atoms with E-state index in [-0.39, 0.29) is 5.82 Å². The number of rotatable bonds is 3. The summed E-state index contributed by atoms with van der Waals surface area (Å²) in [6.45, 7) is 1.71. The Bertz CT molecular complexity index is 526. The molecular formula is C14H15FN2O. The molecule has 0 aliphatic heterocycles. The molecule has 2 rings (SSSR count). The number of hydrogen-bond donors (Lipinski definition) is 1. The van der Waals surface area contributed by atoms with Crippen LogP contribution in [0.15, 0.2) is 42.6 Å². The van der Waals surface area contributed by atoms with Crippen LogP contribution in [-0.4, -0.2) is 17.1 Å². The Morgan fingerprint density at radius 1 is 1.22 bits per heavy atom. The lowest BCUT2D eigenvalue weighted by Gasteiger charge is -2.19.